The zero-order valence-electron chi connectivity index (χ0n) is 12.7. The van der Waals surface area contributed by atoms with Crippen LogP contribution in [0.25, 0.3) is 33.2 Å². The Hall–Kier alpha value is -2.61. The van der Waals surface area contributed by atoms with E-state index < -0.39 is 0 Å². The van der Waals surface area contributed by atoms with Crippen LogP contribution in [0.4, 0.5) is 0 Å². The van der Waals surface area contributed by atoms with E-state index in [4.69, 9.17) is 4.42 Å². The van der Waals surface area contributed by atoms with E-state index in [1.807, 2.05) is 12.1 Å². The van der Waals surface area contributed by atoms with Crippen molar-refractivity contribution >= 4 is 22.1 Å². The average Bonchev–Trinajstić information content (AvgIpc) is 2.93. The van der Waals surface area contributed by atoms with Gasteiger partial charge in [-0.2, -0.15) is 0 Å². The molecule has 0 unspecified atom stereocenters. The first-order chi connectivity index (χ1) is 10.7. The van der Waals surface area contributed by atoms with Crippen LogP contribution in [0.5, 0.6) is 0 Å². The Morgan fingerprint density at radius 3 is 2.50 bits per heavy atom. The summed E-state index contributed by atoms with van der Waals surface area (Å²) < 4.78 is 6.05. The highest BCUT2D eigenvalue weighted by Crippen LogP contribution is 2.34. The number of rotatable bonds is 2. The van der Waals surface area contributed by atoms with Crippen molar-refractivity contribution < 1.29 is 4.42 Å². The maximum absolute atomic E-state index is 6.05. The second-order valence-corrected chi connectivity index (χ2v) is 5.91. The van der Waals surface area contributed by atoms with E-state index >= 15 is 0 Å². The highest BCUT2D eigenvalue weighted by atomic mass is 16.3. The Labute approximate surface area is 129 Å². The third kappa shape index (κ3) is 2.00. The molecule has 0 aliphatic carbocycles. The van der Waals surface area contributed by atoms with Gasteiger partial charge in [-0.05, 0) is 35.2 Å². The molecule has 0 amide bonds. The van der Waals surface area contributed by atoms with Crippen LogP contribution >= 0.6 is 0 Å². The topological polar surface area (TPSA) is 26.0 Å². The molecule has 2 nitrogen and oxygen atoms in total. The van der Waals surface area contributed by atoms with Crippen LogP contribution < -0.4 is 0 Å². The number of nitrogens with zero attached hydrogens (tertiary/aromatic N) is 1. The smallest absolute Gasteiger partial charge is 0.153 e. The molecule has 0 saturated carbocycles. The van der Waals surface area contributed by atoms with Gasteiger partial charge in [0.05, 0.1) is 0 Å². The van der Waals surface area contributed by atoms with Gasteiger partial charge in [-0.25, -0.2) is 0 Å². The Balaban J connectivity index is 1.94. The molecule has 0 bridgehead atoms. The molecule has 0 saturated heterocycles. The summed E-state index contributed by atoms with van der Waals surface area (Å²) in [6.45, 7) is 4.42. The summed E-state index contributed by atoms with van der Waals surface area (Å²) in [5, 5.41) is 1.07. The summed E-state index contributed by atoms with van der Waals surface area (Å²) in [6.07, 6.45) is 1.81. The van der Waals surface area contributed by atoms with Gasteiger partial charge >= 0.3 is 0 Å². The van der Waals surface area contributed by atoms with Crippen molar-refractivity contribution in [3.8, 4) is 11.1 Å². The molecule has 2 heterocycles. The number of pyridine rings is 1. The van der Waals surface area contributed by atoms with Crippen LogP contribution in [0.3, 0.4) is 0 Å². The van der Waals surface area contributed by atoms with Gasteiger partial charge in [-0.1, -0.05) is 50.2 Å². The molecular formula is C20H17NO. The zero-order chi connectivity index (χ0) is 15.1. The van der Waals surface area contributed by atoms with Crippen molar-refractivity contribution in [1.82, 2.24) is 4.98 Å². The highest BCUT2D eigenvalue weighted by Gasteiger charge is 2.12. The quantitative estimate of drug-likeness (QED) is 0.467. The fraction of sp³-hybridized carbons (Fsp3) is 0.150. The molecule has 0 aliphatic heterocycles. The molecule has 108 valence electrons. The molecule has 0 atom stereocenters. The maximum Gasteiger partial charge on any atom is 0.153 e. The zero-order valence-corrected chi connectivity index (χ0v) is 12.7. The second kappa shape index (κ2) is 4.99. The third-order valence-electron chi connectivity index (χ3n) is 4.14. The summed E-state index contributed by atoms with van der Waals surface area (Å²) in [4.78, 5) is 4.45. The first-order valence-corrected chi connectivity index (χ1v) is 7.60. The SMILES string of the molecule is CC(C)c1ccc(-c2cccc3c2oc2cccnc23)cc1. The number of hydrogen-bond donors (Lipinski definition) is 0. The van der Waals surface area contributed by atoms with E-state index in [0.717, 1.165) is 27.6 Å². The predicted octanol–water partition coefficient (Wildman–Crippen LogP) is 5.77. The van der Waals surface area contributed by atoms with Crippen LogP contribution in [0.1, 0.15) is 25.3 Å². The lowest BCUT2D eigenvalue weighted by atomic mass is 9.98. The van der Waals surface area contributed by atoms with E-state index in [1.54, 1.807) is 6.20 Å². The lowest BCUT2D eigenvalue weighted by Crippen LogP contribution is -1.86. The van der Waals surface area contributed by atoms with Gasteiger partial charge < -0.3 is 4.42 Å². The van der Waals surface area contributed by atoms with Crippen molar-refractivity contribution in [2.45, 2.75) is 19.8 Å². The summed E-state index contributed by atoms with van der Waals surface area (Å²) >= 11 is 0. The van der Waals surface area contributed by atoms with Crippen LogP contribution in [0, 0.1) is 0 Å². The third-order valence-corrected chi connectivity index (χ3v) is 4.14. The van der Waals surface area contributed by atoms with E-state index in [0.29, 0.717) is 5.92 Å². The van der Waals surface area contributed by atoms with E-state index in [9.17, 15) is 0 Å². The fourth-order valence-corrected chi connectivity index (χ4v) is 2.89. The number of fused-ring (bicyclic) bond motifs is 3. The minimum Gasteiger partial charge on any atom is -0.454 e. The van der Waals surface area contributed by atoms with Gasteiger partial charge in [-0.15, -0.1) is 0 Å². The maximum atomic E-state index is 6.05. The van der Waals surface area contributed by atoms with Crippen LogP contribution in [0.2, 0.25) is 0 Å². The number of furan rings is 1. The van der Waals surface area contributed by atoms with Crippen LogP contribution in [-0.4, -0.2) is 4.98 Å². The Morgan fingerprint density at radius 1 is 0.909 bits per heavy atom. The van der Waals surface area contributed by atoms with Gasteiger partial charge in [0, 0.05) is 17.1 Å². The number of hydrogen-bond acceptors (Lipinski definition) is 2. The van der Waals surface area contributed by atoms with Gasteiger partial charge in [-0.3, -0.25) is 4.98 Å². The molecule has 4 rings (SSSR count). The molecule has 0 aliphatic rings. The summed E-state index contributed by atoms with van der Waals surface area (Å²) in [7, 11) is 0. The molecule has 0 fully saturated rings. The molecule has 0 radical (unpaired) electrons. The van der Waals surface area contributed by atoms with Crippen molar-refractivity contribution in [1.29, 1.82) is 0 Å². The first kappa shape index (κ1) is 13.1. The molecule has 4 aromatic rings. The molecule has 2 heteroatoms. The minimum absolute atomic E-state index is 0.542. The molecular weight excluding hydrogens is 270 g/mol. The van der Waals surface area contributed by atoms with Crippen molar-refractivity contribution in [3.63, 3.8) is 0 Å². The van der Waals surface area contributed by atoms with Gasteiger partial charge in [0.1, 0.15) is 11.1 Å². The summed E-state index contributed by atoms with van der Waals surface area (Å²) in [5.41, 5.74) is 6.32. The van der Waals surface area contributed by atoms with Crippen molar-refractivity contribution in [2.24, 2.45) is 0 Å². The van der Waals surface area contributed by atoms with Gasteiger partial charge in [0.15, 0.2) is 5.58 Å². The number of para-hydroxylation sites is 1. The Bertz CT molecular complexity index is 948. The van der Waals surface area contributed by atoms with Gasteiger partial charge in [0.25, 0.3) is 0 Å². The highest BCUT2D eigenvalue weighted by molar-refractivity contribution is 6.07. The van der Waals surface area contributed by atoms with E-state index in [1.165, 1.54) is 11.1 Å². The Morgan fingerprint density at radius 2 is 1.73 bits per heavy atom. The van der Waals surface area contributed by atoms with Gasteiger partial charge in [0.2, 0.25) is 0 Å². The minimum atomic E-state index is 0.542. The lowest BCUT2D eigenvalue weighted by molar-refractivity contribution is 0.669. The monoisotopic (exact) mass is 287 g/mol. The van der Waals surface area contributed by atoms with Crippen molar-refractivity contribution in [2.75, 3.05) is 0 Å². The Kier molecular flexibility index (Phi) is 2.97. The predicted molar refractivity (Wildman–Crippen MR) is 91.0 cm³/mol. The molecule has 2 aromatic carbocycles. The van der Waals surface area contributed by atoms with E-state index in [-0.39, 0.29) is 0 Å². The van der Waals surface area contributed by atoms with Crippen molar-refractivity contribution in [3.05, 3.63) is 66.4 Å². The second-order valence-electron chi connectivity index (χ2n) is 5.91. The largest absolute Gasteiger partial charge is 0.454 e. The first-order valence-electron chi connectivity index (χ1n) is 7.60. The van der Waals surface area contributed by atoms with Crippen LogP contribution in [0.15, 0.2) is 65.2 Å². The summed E-state index contributed by atoms with van der Waals surface area (Å²) in [6, 6.07) is 18.8. The standard InChI is InChI=1S/C20H17NO/c1-13(2)14-8-10-15(11-9-14)16-5-3-6-17-19-18(22-20(16)17)7-4-12-21-19/h3-13H,1-2H3. The molecule has 0 N–H and O–H groups in total. The summed E-state index contributed by atoms with van der Waals surface area (Å²) in [5.74, 6) is 0.542. The van der Waals surface area contributed by atoms with Crippen LogP contribution in [-0.2, 0) is 0 Å². The number of aromatic nitrogens is 1. The molecule has 2 aromatic heterocycles. The molecule has 22 heavy (non-hydrogen) atoms. The lowest BCUT2D eigenvalue weighted by Gasteiger charge is -2.07. The number of benzene rings is 2. The normalized spacial score (nSPS) is 11.6. The average molecular weight is 287 g/mol. The fourth-order valence-electron chi connectivity index (χ4n) is 2.89. The molecule has 0 spiro atoms. The van der Waals surface area contributed by atoms with E-state index in [2.05, 4.69) is 61.3 Å².